The van der Waals surface area contributed by atoms with E-state index in [0.29, 0.717) is 17.2 Å². The number of nitrogens with zero attached hydrogens (tertiary/aromatic N) is 4. The number of carboxylic acids is 1. The molecule has 0 spiro atoms. The zero-order valence-corrected chi connectivity index (χ0v) is 7.79. The molecular formula is C9H8N4O2. The van der Waals surface area contributed by atoms with Crippen molar-refractivity contribution in [3.63, 3.8) is 0 Å². The lowest BCUT2D eigenvalue weighted by molar-refractivity contribution is 0.0698. The van der Waals surface area contributed by atoms with Crippen LogP contribution in [0.15, 0.2) is 12.3 Å². The molecule has 3 rings (SSSR count). The Morgan fingerprint density at radius 3 is 3.00 bits per heavy atom. The van der Waals surface area contributed by atoms with Crippen LogP contribution in [-0.2, 0) is 0 Å². The van der Waals surface area contributed by atoms with Crippen LogP contribution in [0.3, 0.4) is 0 Å². The first kappa shape index (κ1) is 8.34. The van der Waals surface area contributed by atoms with Crippen LogP contribution in [0.2, 0.25) is 0 Å². The molecule has 0 amide bonds. The summed E-state index contributed by atoms with van der Waals surface area (Å²) < 4.78 is 1.71. The Kier molecular flexibility index (Phi) is 1.53. The molecule has 15 heavy (non-hydrogen) atoms. The second-order valence-corrected chi connectivity index (χ2v) is 3.60. The number of hydrogen-bond donors (Lipinski definition) is 1. The predicted octanol–water partition coefficient (Wildman–Crippen LogP) is 0.859. The number of carboxylic acid groups (broad SMARTS) is 1. The van der Waals surface area contributed by atoms with Crippen LogP contribution in [0.25, 0.3) is 11.2 Å². The lowest BCUT2D eigenvalue weighted by atomic mass is 10.2. The van der Waals surface area contributed by atoms with Gasteiger partial charge in [-0.3, -0.25) is 0 Å². The van der Waals surface area contributed by atoms with Gasteiger partial charge in [-0.15, -0.1) is 5.10 Å². The van der Waals surface area contributed by atoms with E-state index in [-0.39, 0.29) is 5.56 Å². The van der Waals surface area contributed by atoms with Crippen molar-refractivity contribution < 1.29 is 9.90 Å². The Balaban J connectivity index is 2.27. The average Bonchev–Trinajstić information content (AvgIpc) is 2.97. The van der Waals surface area contributed by atoms with Gasteiger partial charge in [-0.05, 0) is 18.9 Å². The Morgan fingerprint density at radius 1 is 1.53 bits per heavy atom. The van der Waals surface area contributed by atoms with E-state index < -0.39 is 5.97 Å². The van der Waals surface area contributed by atoms with Gasteiger partial charge >= 0.3 is 5.97 Å². The van der Waals surface area contributed by atoms with Gasteiger partial charge in [0.2, 0.25) is 0 Å². The zero-order valence-electron chi connectivity index (χ0n) is 7.79. The first-order valence-electron chi connectivity index (χ1n) is 4.70. The Hall–Kier alpha value is -1.98. The van der Waals surface area contributed by atoms with Gasteiger partial charge in [0, 0.05) is 6.20 Å². The highest BCUT2D eigenvalue weighted by atomic mass is 16.4. The molecule has 1 aliphatic rings. The van der Waals surface area contributed by atoms with E-state index in [4.69, 9.17) is 5.11 Å². The highest BCUT2D eigenvalue weighted by Crippen LogP contribution is 2.35. The second kappa shape index (κ2) is 2.75. The molecule has 6 nitrogen and oxygen atoms in total. The average molecular weight is 204 g/mol. The van der Waals surface area contributed by atoms with Crippen molar-refractivity contribution in [2.75, 3.05) is 0 Å². The standard InChI is InChI=1S/C9H8N4O2/c14-9(15)6-3-4-10-8-7(6)11-12-13(8)5-1-2-5/h3-5H,1-2H2,(H,14,15). The monoisotopic (exact) mass is 204 g/mol. The van der Waals surface area contributed by atoms with Crippen molar-refractivity contribution in [3.05, 3.63) is 17.8 Å². The first-order valence-corrected chi connectivity index (χ1v) is 4.70. The zero-order chi connectivity index (χ0) is 10.4. The molecule has 0 unspecified atom stereocenters. The molecule has 0 atom stereocenters. The molecule has 2 aromatic heterocycles. The highest BCUT2D eigenvalue weighted by molar-refractivity contribution is 5.99. The number of aromatic nitrogens is 4. The minimum absolute atomic E-state index is 0.159. The second-order valence-electron chi connectivity index (χ2n) is 3.60. The molecule has 1 N–H and O–H groups in total. The number of carbonyl (C=O) groups is 1. The molecule has 0 aliphatic heterocycles. The van der Waals surface area contributed by atoms with Crippen LogP contribution in [0.4, 0.5) is 0 Å². The molecule has 1 saturated carbocycles. The van der Waals surface area contributed by atoms with E-state index in [0.717, 1.165) is 12.8 Å². The third-order valence-electron chi connectivity index (χ3n) is 2.49. The molecule has 0 radical (unpaired) electrons. The van der Waals surface area contributed by atoms with Crippen molar-refractivity contribution in [2.24, 2.45) is 0 Å². The normalized spacial score (nSPS) is 15.7. The third kappa shape index (κ3) is 1.18. The number of pyridine rings is 1. The van der Waals surface area contributed by atoms with E-state index in [2.05, 4.69) is 15.3 Å². The van der Waals surface area contributed by atoms with Crippen molar-refractivity contribution >= 4 is 17.1 Å². The SMILES string of the molecule is O=C(O)c1ccnc2c1nnn2C1CC1. The molecule has 2 aromatic rings. The first-order chi connectivity index (χ1) is 7.27. The van der Waals surface area contributed by atoms with Crippen LogP contribution < -0.4 is 0 Å². The third-order valence-corrected chi connectivity index (χ3v) is 2.49. The lowest BCUT2D eigenvalue weighted by Crippen LogP contribution is -2.00. The minimum atomic E-state index is -0.995. The number of fused-ring (bicyclic) bond motifs is 1. The maximum atomic E-state index is 10.9. The Labute approximate surface area is 84.5 Å². The molecule has 6 heteroatoms. The van der Waals surface area contributed by atoms with Crippen LogP contribution in [-0.4, -0.2) is 31.1 Å². The predicted molar refractivity (Wildman–Crippen MR) is 50.6 cm³/mol. The van der Waals surface area contributed by atoms with Crippen LogP contribution >= 0.6 is 0 Å². The van der Waals surface area contributed by atoms with E-state index in [1.165, 1.54) is 12.3 Å². The fourth-order valence-electron chi connectivity index (χ4n) is 1.58. The summed E-state index contributed by atoms with van der Waals surface area (Å²) in [6.07, 6.45) is 3.61. The number of rotatable bonds is 2. The van der Waals surface area contributed by atoms with E-state index in [9.17, 15) is 4.79 Å². The molecule has 0 bridgehead atoms. The summed E-state index contributed by atoms with van der Waals surface area (Å²) >= 11 is 0. The van der Waals surface area contributed by atoms with Crippen molar-refractivity contribution in [2.45, 2.75) is 18.9 Å². The van der Waals surface area contributed by atoms with Gasteiger partial charge < -0.3 is 5.11 Å². The van der Waals surface area contributed by atoms with Crippen molar-refractivity contribution in [3.8, 4) is 0 Å². The highest BCUT2D eigenvalue weighted by Gasteiger charge is 2.28. The van der Waals surface area contributed by atoms with E-state index in [1.54, 1.807) is 4.68 Å². The molecule has 0 saturated heterocycles. The summed E-state index contributed by atoms with van der Waals surface area (Å²) in [6, 6.07) is 1.79. The van der Waals surface area contributed by atoms with Gasteiger partial charge in [0.15, 0.2) is 5.65 Å². The van der Waals surface area contributed by atoms with Gasteiger partial charge in [-0.1, -0.05) is 5.21 Å². The fourth-order valence-corrected chi connectivity index (χ4v) is 1.58. The van der Waals surface area contributed by atoms with Gasteiger partial charge in [0.25, 0.3) is 0 Å². The quantitative estimate of drug-likeness (QED) is 0.784. The topological polar surface area (TPSA) is 80.9 Å². The van der Waals surface area contributed by atoms with Gasteiger partial charge in [-0.2, -0.15) is 0 Å². The maximum Gasteiger partial charge on any atom is 0.338 e. The molecule has 76 valence electrons. The summed E-state index contributed by atoms with van der Waals surface area (Å²) in [5.74, 6) is -0.995. The van der Waals surface area contributed by atoms with Crippen molar-refractivity contribution in [1.82, 2.24) is 20.0 Å². The number of aromatic carboxylic acids is 1. The van der Waals surface area contributed by atoms with Crippen molar-refractivity contribution in [1.29, 1.82) is 0 Å². The molecular weight excluding hydrogens is 196 g/mol. The van der Waals surface area contributed by atoms with E-state index in [1.807, 2.05) is 0 Å². The summed E-state index contributed by atoms with van der Waals surface area (Å²) in [6.45, 7) is 0. The number of hydrogen-bond acceptors (Lipinski definition) is 4. The summed E-state index contributed by atoms with van der Waals surface area (Å²) in [5, 5.41) is 16.8. The molecule has 1 fully saturated rings. The molecule has 0 aromatic carbocycles. The van der Waals surface area contributed by atoms with Gasteiger partial charge in [0.1, 0.15) is 5.52 Å². The largest absolute Gasteiger partial charge is 0.478 e. The summed E-state index contributed by atoms with van der Waals surface area (Å²) in [7, 11) is 0. The van der Waals surface area contributed by atoms with Crippen LogP contribution in [0.5, 0.6) is 0 Å². The fraction of sp³-hybridized carbons (Fsp3) is 0.333. The van der Waals surface area contributed by atoms with Gasteiger partial charge in [0.05, 0.1) is 11.6 Å². The van der Waals surface area contributed by atoms with Crippen LogP contribution in [0, 0.1) is 0 Å². The Bertz CT molecular complexity index is 544. The smallest absolute Gasteiger partial charge is 0.338 e. The van der Waals surface area contributed by atoms with Gasteiger partial charge in [-0.25, -0.2) is 14.5 Å². The van der Waals surface area contributed by atoms with Crippen LogP contribution in [0.1, 0.15) is 29.2 Å². The molecule has 1 aliphatic carbocycles. The lowest BCUT2D eigenvalue weighted by Gasteiger charge is -1.97. The maximum absolute atomic E-state index is 10.9. The Morgan fingerprint density at radius 2 is 2.33 bits per heavy atom. The summed E-state index contributed by atoms with van der Waals surface area (Å²) in [5.41, 5.74) is 1.10. The minimum Gasteiger partial charge on any atom is -0.478 e. The van der Waals surface area contributed by atoms with E-state index >= 15 is 0 Å². The molecule has 2 heterocycles. The summed E-state index contributed by atoms with van der Waals surface area (Å²) in [4.78, 5) is 15.0.